The van der Waals surface area contributed by atoms with Crippen LogP contribution in [0.4, 0.5) is 0 Å². The maximum atomic E-state index is 11.6. The van der Waals surface area contributed by atoms with Crippen molar-refractivity contribution in [1.82, 2.24) is 4.98 Å². The second-order valence-corrected chi connectivity index (χ2v) is 5.48. The van der Waals surface area contributed by atoms with Crippen molar-refractivity contribution in [3.8, 4) is 17.2 Å². The Balaban J connectivity index is 2.87. The molecule has 1 aromatic carbocycles. The van der Waals surface area contributed by atoms with Gasteiger partial charge in [0.1, 0.15) is 6.07 Å². The Morgan fingerprint density at radius 2 is 1.89 bits per heavy atom. The number of sulfonamides is 1. The van der Waals surface area contributed by atoms with Gasteiger partial charge in [-0.05, 0) is 18.1 Å². The maximum Gasteiger partial charge on any atom is 0.256 e. The molecule has 2 rings (SSSR count). The average molecular weight is 273 g/mol. The van der Waals surface area contributed by atoms with Crippen molar-refractivity contribution >= 4 is 10.0 Å². The fourth-order valence-electron chi connectivity index (χ4n) is 1.85. The van der Waals surface area contributed by atoms with Gasteiger partial charge in [-0.25, -0.2) is 18.5 Å². The molecule has 0 aliphatic carbocycles. The van der Waals surface area contributed by atoms with E-state index in [2.05, 4.69) is 4.98 Å². The first-order valence-corrected chi connectivity index (χ1v) is 6.97. The first-order chi connectivity index (χ1) is 8.95. The fraction of sp³-hybridized carbons (Fsp3) is 0.0769. The van der Waals surface area contributed by atoms with Crippen LogP contribution >= 0.6 is 0 Å². The van der Waals surface area contributed by atoms with Gasteiger partial charge >= 0.3 is 0 Å². The van der Waals surface area contributed by atoms with Gasteiger partial charge in [0.15, 0.2) is 5.03 Å². The number of pyridine rings is 1. The Morgan fingerprint density at radius 3 is 2.42 bits per heavy atom. The number of primary sulfonamides is 1. The standard InChI is InChI=1S/C13H11N3O2S/c1-9-11(7-14)8-16-13(19(15,17)18)12(9)10-5-3-2-4-6-10/h2-6,8H,1H3,(H2,15,17,18). The number of aromatic nitrogens is 1. The third kappa shape index (κ3) is 2.47. The van der Waals surface area contributed by atoms with E-state index in [1.54, 1.807) is 31.2 Å². The fourth-order valence-corrected chi connectivity index (χ4v) is 2.61. The molecule has 96 valence electrons. The van der Waals surface area contributed by atoms with E-state index in [0.29, 0.717) is 22.3 Å². The predicted octanol–water partition coefficient (Wildman–Crippen LogP) is 1.58. The molecule has 19 heavy (non-hydrogen) atoms. The number of rotatable bonds is 2. The second kappa shape index (κ2) is 4.80. The lowest BCUT2D eigenvalue weighted by molar-refractivity contribution is 0.594. The van der Waals surface area contributed by atoms with Crippen LogP contribution in [0, 0.1) is 18.3 Å². The molecule has 1 heterocycles. The Labute approximate surface area is 111 Å². The first-order valence-electron chi connectivity index (χ1n) is 5.43. The molecule has 0 aliphatic rings. The Kier molecular flexibility index (Phi) is 3.34. The van der Waals surface area contributed by atoms with Crippen molar-refractivity contribution in [2.45, 2.75) is 11.9 Å². The lowest BCUT2D eigenvalue weighted by atomic mass is 10.00. The molecular formula is C13H11N3O2S. The van der Waals surface area contributed by atoms with E-state index in [-0.39, 0.29) is 5.03 Å². The van der Waals surface area contributed by atoms with Crippen LogP contribution in [-0.4, -0.2) is 13.4 Å². The van der Waals surface area contributed by atoms with E-state index < -0.39 is 10.0 Å². The van der Waals surface area contributed by atoms with Gasteiger partial charge in [-0.15, -0.1) is 0 Å². The van der Waals surface area contributed by atoms with Crippen LogP contribution < -0.4 is 5.14 Å². The molecule has 5 nitrogen and oxygen atoms in total. The minimum atomic E-state index is -3.95. The molecule has 0 fully saturated rings. The van der Waals surface area contributed by atoms with Crippen molar-refractivity contribution in [2.75, 3.05) is 0 Å². The summed E-state index contributed by atoms with van der Waals surface area (Å²) >= 11 is 0. The molecular weight excluding hydrogens is 262 g/mol. The van der Waals surface area contributed by atoms with E-state index in [4.69, 9.17) is 10.4 Å². The molecule has 0 saturated heterocycles. The molecule has 1 aromatic heterocycles. The van der Waals surface area contributed by atoms with Crippen molar-refractivity contribution < 1.29 is 8.42 Å². The summed E-state index contributed by atoms with van der Waals surface area (Å²) in [6, 6.07) is 10.9. The minimum absolute atomic E-state index is 0.213. The third-order valence-corrected chi connectivity index (χ3v) is 3.60. The quantitative estimate of drug-likeness (QED) is 0.898. The largest absolute Gasteiger partial charge is 0.256 e. The predicted molar refractivity (Wildman–Crippen MR) is 70.5 cm³/mol. The number of nitrogens with zero attached hydrogens (tertiary/aromatic N) is 2. The van der Waals surface area contributed by atoms with E-state index in [0.717, 1.165) is 0 Å². The minimum Gasteiger partial charge on any atom is -0.241 e. The highest BCUT2D eigenvalue weighted by Gasteiger charge is 2.20. The number of hydrogen-bond donors (Lipinski definition) is 1. The molecule has 6 heteroatoms. The number of benzene rings is 1. The van der Waals surface area contributed by atoms with E-state index >= 15 is 0 Å². The highest BCUT2D eigenvalue weighted by molar-refractivity contribution is 7.89. The molecule has 0 bridgehead atoms. The van der Waals surface area contributed by atoms with Crippen molar-refractivity contribution in [3.63, 3.8) is 0 Å². The topological polar surface area (TPSA) is 96.8 Å². The van der Waals surface area contributed by atoms with Crippen LogP contribution in [0.1, 0.15) is 11.1 Å². The van der Waals surface area contributed by atoms with Gasteiger partial charge in [0.2, 0.25) is 0 Å². The number of nitriles is 1. The summed E-state index contributed by atoms with van der Waals surface area (Å²) in [5, 5.41) is 14.0. The van der Waals surface area contributed by atoms with E-state index in [1.165, 1.54) is 6.20 Å². The smallest absolute Gasteiger partial charge is 0.241 e. The van der Waals surface area contributed by atoms with Crippen LogP contribution in [-0.2, 0) is 10.0 Å². The molecule has 2 N–H and O–H groups in total. The molecule has 0 aliphatic heterocycles. The molecule has 0 radical (unpaired) electrons. The van der Waals surface area contributed by atoms with Gasteiger partial charge < -0.3 is 0 Å². The average Bonchev–Trinajstić information content (AvgIpc) is 2.38. The van der Waals surface area contributed by atoms with Gasteiger partial charge in [-0.2, -0.15) is 5.26 Å². The molecule has 0 spiro atoms. The summed E-state index contributed by atoms with van der Waals surface area (Å²) in [4.78, 5) is 3.82. The van der Waals surface area contributed by atoms with Crippen molar-refractivity contribution in [2.24, 2.45) is 5.14 Å². The zero-order valence-corrected chi connectivity index (χ0v) is 11.0. The van der Waals surface area contributed by atoms with Gasteiger partial charge in [-0.3, -0.25) is 0 Å². The molecule has 0 atom stereocenters. The summed E-state index contributed by atoms with van der Waals surface area (Å²) in [6.07, 6.45) is 1.22. The summed E-state index contributed by atoms with van der Waals surface area (Å²) in [5.41, 5.74) is 1.91. The highest BCUT2D eigenvalue weighted by Crippen LogP contribution is 2.30. The van der Waals surface area contributed by atoms with Crippen molar-refractivity contribution in [1.29, 1.82) is 5.26 Å². The summed E-state index contributed by atoms with van der Waals surface area (Å²) in [5.74, 6) is 0. The molecule has 2 aromatic rings. The summed E-state index contributed by atoms with van der Waals surface area (Å²) in [6.45, 7) is 1.68. The van der Waals surface area contributed by atoms with Crippen LogP contribution in [0.3, 0.4) is 0 Å². The lowest BCUT2D eigenvalue weighted by Gasteiger charge is -2.11. The number of nitrogens with two attached hydrogens (primary N) is 1. The zero-order valence-electron chi connectivity index (χ0n) is 10.2. The lowest BCUT2D eigenvalue weighted by Crippen LogP contribution is -2.16. The van der Waals surface area contributed by atoms with Gasteiger partial charge in [0, 0.05) is 11.8 Å². The Morgan fingerprint density at radius 1 is 1.26 bits per heavy atom. The first kappa shape index (κ1) is 13.2. The number of hydrogen-bond acceptors (Lipinski definition) is 4. The van der Waals surface area contributed by atoms with Crippen LogP contribution in [0.5, 0.6) is 0 Å². The molecule has 0 unspecified atom stereocenters. The monoisotopic (exact) mass is 273 g/mol. The zero-order chi connectivity index (χ0) is 14.0. The molecule has 0 saturated carbocycles. The Hall–Kier alpha value is -2.23. The van der Waals surface area contributed by atoms with Gasteiger partial charge in [0.25, 0.3) is 10.0 Å². The summed E-state index contributed by atoms with van der Waals surface area (Å²) in [7, 11) is -3.95. The van der Waals surface area contributed by atoms with Crippen LogP contribution in [0.15, 0.2) is 41.6 Å². The van der Waals surface area contributed by atoms with Crippen LogP contribution in [0.2, 0.25) is 0 Å². The van der Waals surface area contributed by atoms with Crippen molar-refractivity contribution in [3.05, 3.63) is 47.7 Å². The van der Waals surface area contributed by atoms with Crippen LogP contribution in [0.25, 0.3) is 11.1 Å². The van der Waals surface area contributed by atoms with E-state index in [9.17, 15) is 8.42 Å². The van der Waals surface area contributed by atoms with Gasteiger partial charge in [0.05, 0.1) is 5.56 Å². The van der Waals surface area contributed by atoms with E-state index in [1.807, 2.05) is 12.1 Å². The third-order valence-electron chi connectivity index (χ3n) is 2.76. The molecule has 0 amide bonds. The van der Waals surface area contributed by atoms with Gasteiger partial charge in [-0.1, -0.05) is 30.3 Å². The normalized spacial score (nSPS) is 11.0. The SMILES string of the molecule is Cc1c(C#N)cnc(S(N)(=O)=O)c1-c1ccccc1. The maximum absolute atomic E-state index is 11.6. The Bertz CT molecular complexity index is 762. The second-order valence-electron chi connectivity index (χ2n) is 4.00. The highest BCUT2D eigenvalue weighted by atomic mass is 32.2. The summed E-state index contributed by atoms with van der Waals surface area (Å²) < 4.78 is 23.2.